The van der Waals surface area contributed by atoms with Crippen LogP contribution in [-0.4, -0.2) is 26.4 Å². The molecule has 1 aromatic heterocycles. The summed E-state index contributed by atoms with van der Waals surface area (Å²) in [4.78, 5) is 18.2. The Bertz CT molecular complexity index is 938. The number of hydrogen-bond donors (Lipinski definition) is 1. The average molecular weight is 359 g/mol. The predicted molar refractivity (Wildman–Crippen MR) is 95.9 cm³/mol. The van der Waals surface area contributed by atoms with Gasteiger partial charge in [-0.05, 0) is 61.7 Å². The van der Waals surface area contributed by atoms with Crippen LogP contribution in [0.4, 0.5) is 5.69 Å². The number of aromatic nitrogens is 1. The van der Waals surface area contributed by atoms with Gasteiger partial charge in [-0.25, -0.2) is 13.1 Å². The fourth-order valence-corrected chi connectivity index (χ4v) is 4.35. The third-order valence-corrected chi connectivity index (χ3v) is 6.03. The van der Waals surface area contributed by atoms with Gasteiger partial charge in [0.05, 0.1) is 16.0 Å². The van der Waals surface area contributed by atoms with Crippen molar-refractivity contribution in [2.24, 2.45) is 0 Å². The molecule has 0 aliphatic carbocycles. The zero-order valence-electron chi connectivity index (χ0n) is 14.7. The minimum absolute atomic E-state index is 0.0371. The van der Waals surface area contributed by atoms with Gasteiger partial charge in [-0.3, -0.25) is 9.78 Å². The van der Waals surface area contributed by atoms with Crippen molar-refractivity contribution in [3.8, 4) is 0 Å². The third-order valence-electron chi connectivity index (χ3n) is 4.65. The first-order chi connectivity index (χ1) is 11.6. The fourth-order valence-electron chi connectivity index (χ4n) is 3.22. The number of rotatable bonds is 4. The van der Waals surface area contributed by atoms with Gasteiger partial charge < -0.3 is 4.90 Å². The number of pyridine rings is 1. The van der Waals surface area contributed by atoms with E-state index < -0.39 is 15.4 Å². The first kappa shape index (κ1) is 17.6. The average Bonchev–Trinajstić information content (AvgIpc) is 2.75. The van der Waals surface area contributed by atoms with Gasteiger partial charge in [0.25, 0.3) is 0 Å². The largest absolute Gasteiger partial charge is 0.314 e. The van der Waals surface area contributed by atoms with Crippen LogP contribution < -0.4 is 9.62 Å². The van der Waals surface area contributed by atoms with E-state index in [1.54, 1.807) is 48.6 Å². The Kier molecular flexibility index (Phi) is 4.17. The Morgan fingerprint density at radius 2 is 1.84 bits per heavy atom. The van der Waals surface area contributed by atoms with Crippen LogP contribution in [0.25, 0.3) is 0 Å². The molecule has 0 radical (unpaired) electrons. The third kappa shape index (κ3) is 2.94. The number of carbonyl (C=O) groups excluding carboxylic acids is 1. The minimum Gasteiger partial charge on any atom is -0.314 e. The van der Waals surface area contributed by atoms with E-state index in [9.17, 15) is 13.2 Å². The topological polar surface area (TPSA) is 79.4 Å². The zero-order chi connectivity index (χ0) is 18.4. The molecular weight excluding hydrogens is 338 g/mol. The Morgan fingerprint density at radius 3 is 2.48 bits per heavy atom. The van der Waals surface area contributed by atoms with Crippen molar-refractivity contribution in [3.63, 3.8) is 0 Å². The Balaban J connectivity index is 1.98. The molecule has 2 aromatic rings. The number of amides is 1. The fraction of sp³-hybridized carbons (Fsp3) is 0.333. The Morgan fingerprint density at radius 1 is 1.20 bits per heavy atom. The molecule has 1 aliphatic heterocycles. The molecule has 0 fully saturated rings. The SMILES string of the molecule is Cc1cc(S(=O)(=O)NCc2ccncc2)cc2c1N(C)C(=O)C2(C)C. The maximum Gasteiger partial charge on any atom is 0.240 e. The number of sulfonamides is 1. The Labute approximate surface area is 147 Å². The van der Waals surface area contributed by atoms with E-state index in [1.807, 2.05) is 20.8 Å². The van der Waals surface area contributed by atoms with Crippen molar-refractivity contribution in [1.29, 1.82) is 0 Å². The van der Waals surface area contributed by atoms with Gasteiger partial charge in [0.1, 0.15) is 0 Å². The molecule has 0 bridgehead atoms. The molecule has 7 heteroatoms. The van der Waals surface area contributed by atoms with Gasteiger partial charge >= 0.3 is 0 Å². The summed E-state index contributed by atoms with van der Waals surface area (Å²) in [6.07, 6.45) is 3.24. The van der Waals surface area contributed by atoms with Crippen molar-refractivity contribution in [3.05, 3.63) is 53.3 Å². The van der Waals surface area contributed by atoms with Crippen molar-refractivity contribution in [2.45, 2.75) is 37.6 Å². The lowest BCUT2D eigenvalue weighted by molar-refractivity contribution is -0.121. The summed E-state index contributed by atoms with van der Waals surface area (Å²) in [7, 11) is -1.97. The summed E-state index contributed by atoms with van der Waals surface area (Å²) in [5, 5.41) is 0. The molecule has 132 valence electrons. The molecule has 0 unspecified atom stereocenters. The van der Waals surface area contributed by atoms with Gasteiger partial charge in [-0.2, -0.15) is 0 Å². The molecule has 0 saturated heterocycles. The number of nitrogens with zero attached hydrogens (tertiary/aromatic N) is 2. The molecule has 3 rings (SSSR count). The van der Waals surface area contributed by atoms with Crippen LogP contribution >= 0.6 is 0 Å². The van der Waals surface area contributed by atoms with E-state index in [2.05, 4.69) is 9.71 Å². The standard InChI is InChI=1S/C18H21N3O3S/c1-12-9-14(10-15-16(12)21(4)17(22)18(15,2)3)25(23,24)20-11-13-5-7-19-8-6-13/h5-10,20H,11H2,1-4H3. The minimum atomic E-state index is -3.69. The molecule has 2 heterocycles. The summed E-state index contributed by atoms with van der Waals surface area (Å²) >= 11 is 0. The second-order valence-electron chi connectivity index (χ2n) is 6.81. The molecule has 1 aliphatic rings. The van der Waals surface area contributed by atoms with Crippen LogP contribution in [0.3, 0.4) is 0 Å². The summed E-state index contributed by atoms with van der Waals surface area (Å²) < 4.78 is 28.0. The summed E-state index contributed by atoms with van der Waals surface area (Å²) in [5.41, 5.74) is 2.38. The zero-order valence-corrected chi connectivity index (χ0v) is 15.5. The van der Waals surface area contributed by atoms with E-state index in [0.29, 0.717) is 0 Å². The van der Waals surface area contributed by atoms with Crippen molar-refractivity contribution < 1.29 is 13.2 Å². The molecular formula is C18H21N3O3S. The van der Waals surface area contributed by atoms with Gasteiger partial charge in [0.2, 0.25) is 15.9 Å². The normalized spacial score (nSPS) is 16.2. The number of hydrogen-bond acceptors (Lipinski definition) is 4. The van der Waals surface area contributed by atoms with Crippen molar-refractivity contribution in [2.75, 3.05) is 11.9 Å². The number of fused-ring (bicyclic) bond motifs is 1. The second kappa shape index (κ2) is 5.93. The van der Waals surface area contributed by atoms with Gasteiger partial charge in [-0.15, -0.1) is 0 Å². The van der Waals surface area contributed by atoms with Crippen LogP contribution in [-0.2, 0) is 26.8 Å². The molecule has 0 atom stereocenters. The number of aryl methyl sites for hydroxylation is 1. The van der Waals surface area contributed by atoms with E-state index in [4.69, 9.17) is 0 Å². The lowest BCUT2D eigenvalue weighted by atomic mass is 9.85. The van der Waals surface area contributed by atoms with E-state index >= 15 is 0 Å². The van der Waals surface area contributed by atoms with Gasteiger partial charge in [0, 0.05) is 26.0 Å². The second-order valence-corrected chi connectivity index (χ2v) is 8.57. The number of benzene rings is 1. The molecule has 25 heavy (non-hydrogen) atoms. The van der Waals surface area contributed by atoms with Crippen molar-refractivity contribution >= 4 is 21.6 Å². The summed E-state index contributed by atoms with van der Waals surface area (Å²) in [5.74, 6) is -0.0371. The number of nitrogens with one attached hydrogen (secondary N) is 1. The van der Waals surface area contributed by atoms with Gasteiger partial charge in [0.15, 0.2) is 0 Å². The van der Waals surface area contributed by atoms with Crippen LogP contribution in [0.1, 0.15) is 30.5 Å². The highest BCUT2D eigenvalue weighted by Gasteiger charge is 2.43. The van der Waals surface area contributed by atoms with Crippen LogP contribution in [0.15, 0.2) is 41.6 Å². The first-order valence-corrected chi connectivity index (χ1v) is 9.45. The lowest BCUT2D eigenvalue weighted by Crippen LogP contribution is -2.33. The van der Waals surface area contributed by atoms with Crippen LogP contribution in [0, 0.1) is 6.92 Å². The lowest BCUT2D eigenvalue weighted by Gasteiger charge is -2.17. The number of carbonyl (C=O) groups is 1. The van der Waals surface area contributed by atoms with Gasteiger partial charge in [-0.1, -0.05) is 0 Å². The van der Waals surface area contributed by atoms with E-state index in [1.165, 1.54) is 0 Å². The van der Waals surface area contributed by atoms with Crippen molar-refractivity contribution in [1.82, 2.24) is 9.71 Å². The molecule has 1 aromatic carbocycles. The summed E-state index contributed by atoms with van der Waals surface area (Å²) in [6.45, 7) is 5.64. The molecule has 0 saturated carbocycles. The Hall–Kier alpha value is -2.25. The summed E-state index contributed by atoms with van der Waals surface area (Å²) in [6, 6.07) is 6.73. The highest BCUT2D eigenvalue weighted by molar-refractivity contribution is 7.89. The number of likely N-dealkylation sites (N-methyl/N-ethyl adjacent to an activating group) is 1. The predicted octanol–water partition coefficient (Wildman–Crippen LogP) is 2.12. The van der Waals surface area contributed by atoms with Crippen LogP contribution in [0.2, 0.25) is 0 Å². The monoisotopic (exact) mass is 359 g/mol. The molecule has 1 amide bonds. The van der Waals surface area contributed by atoms with E-state index in [0.717, 1.165) is 22.4 Å². The smallest absolute Gasteiger partial charge is 0.240 e. The quantitative estimate of drug-likeness (QED) is 0.907. The number of anilines is 1. The first-order valence-electron chi connectivity index (χ1n) is 7.96. The molecule has 0 spiro atoms. The highest BCUT2D eigenvalue weighted by atomic mass is 32.2. The maximum absolute atomic E-state index is 12.7. The molecule has 6 nitrogen and oxygen atoms in total. The highest BCUT2D eigenvalue weighted by Crippen LogP contribution is 2.43. The van der Waals surface area contributed by atoms with E-state index in [-0.39, 0.29) is 17.3 Å². The molecule has 1 N–H and O–H groups in total. The van der Waals surface area contributed by atoms with Crippen LogP contribution in [0.5, 0.6) is 0 Å². The maximum atomic E-state index is 12.7.